The standard InChI is InChI=1S/C21H33N5O2/c1-2-23-21(26-11-5-6-17(15-26)12-19(22)27)25-14-16-9-10-24-20(13-16)28-18-7-3-4-8-18/h9-10,13,17-18H,2-8,11-12,14-15H2,1H3,(H2,22,27)(H,23,25). The normalized spacial score (nSPS) is 21.0. The molecule has 1 unspecified atom stereocenters. The summed E-state index contributed by atoms with van der Waals surface area (Å²) in [6, 6.07) is 3.98. The second-order valence-electron chi connectivity index (χ2n) is 7.82. The summed E-state index contributed by atoms with van der Waals surface area (Å²) in [6.45, 7) is 5.22. The van der Waals surface area contributed by atoms with E-state index in [1.165, 1.54) is 12.8 Å². The van der Waals surface area contributed by atoms with Crippen molar-refractivity contribution in [1.82, 2.24) is 15.2 Å². The quantitative estimate of drug-likeness (QED) is 0.554. The van der Waals surface area contributed by atoms with Crippen LogP contribution in [0.4, 0.5) is 0 Å². The van der Waals surface area contributed by atoms with Crippen LogP contribution in [-0.4, -0.2) is 47.5 Å². The highest BCUT2D eigenvalue weighted by molar-refractivity contribution is 5.80. The molecule has 28 heavy (non-hydrogen) atoms. The molecular weight excluding hydrogens is 354 g/mol. The maximum absolute atomic E-state index is 11.3. The highest BCUT2D eigenvalue weighted by Crippen LogP contribution is 2.23. The molecule has 1 aliphatic carbocycles. The van der Waals surface area contributed by atoms with Gasteiger partial charge in [-0.3, -0.25) is 4.79 Å². The van der Waals surface area contributed by atoms with E-state index in [0.717, 1.165) is 56.8 Å². The van der Waals surface area contributed by atoms with Gasteiger partial charge in [0.05, 0.1) is 6.54 Å². The number of aliphatic imine (C=N–C) groups is 1. The number of ether oxygens (including phenoxy) is 1. The van der Waals surface area contributed by atoms with Crippen molar-refractivity contribution < 1.29 is 9.53 Å². The zero-order chi connectivity index (χ0) is 19.8. The molecule has 3 rings (SSSR count). The number of primary amides is 1. The first-order chi connectivity index (χ1) is 13.6. The van der Waals surface area contributed by atoms with Crippen molar-refractivity contribution >= 4 is 11.9 Å². The van der Waals surface area contributed by atoms with E-state index < -0.39 is 0 Å². The molecule has 1 aliphatic heterocycles. The molecule has 1 saturated heterocycles. The van der Waals surface area contributed by atoms with Crippen LogP contribution in [0.2, 0.25) is 0 Å². The van der Waals surface area contributed by atoms with Crippen LogP contribution in [0.1, 0.15) is 57.4 Å². The number of nitrogens with zero attached hydrogens (tertiary/aromatic N) is 3. The summed E-state index contributed by atoms with van der Waals surface area (Å²) in [7, 11) is 0. The van der Waals surface area contributed by atoms with E-state index in [-0.39, 0.29) is 5.91 Å². The lowest BCUT2D eigenvalue weighted by molar-refractivity contribution is -0.119. The van der Waals surface area contributed by atoms with Crippen LogP contribution in [0, 0.1) is 5.92 Å². The van der Waals surface area contributed by atoms with Gasteiger partial charge in [-0.15, -0.1) is 0 Å². The molecule has 0 bridgehead atoms. The van der Waals surface area contributed by atoms with Crippen LogP contribution >= 0.6 is 0 Å². The van der Waals surface area contributed by atoms with Crippen molar-refractivity contribution in [2.75, 3.05) is 19.6 Å². The second kappa shape index (κ2) is 10.3. The predicted octanol–water partition coefficient (Wildman–Crippen LogP) is 2.46. The molecule has 154 valence electrons. The molecule has 2 fully saturated rings. The van der Waals surface area contributed by atoms with Gasteiger partial charge in [0, 0.05) is 38.3 Å². The minimum absolute atomic E-state index is 0.222. The van der Waals surface area contributed by atoms with Gasteiger partial charge in [-0.25, -0.2) is 9.98 Å². The molecule has 0 aromatic carbocycles. The number of likely N-dealkylation sites (tertiary alicyclic amines) is 1. The molecule has 1 atom stereocenters. The minimum Gasteiger partial charge on any atom is -0.474 e. The molecule has 2 heterocycles. The lowest BCUT2D eigenvalue weighted by Gasteiger charge is -2.34. The largest absolute Gasteiger partial charge is 0.474 e. The summed E-state index contributed by atoms with van der Waals surface area (Å²) in [5.74, 6) is 1.68. The smallest absolute Gasteiger partial charge is 0.217 e. The Morgan fingerprint density at radius 1 is 1.36 bits per heavy atom. The lowest BCUT2D eigenvalue weighted by Crippen LogP contribution is -2.47. The maximum Gasteiger partial charge on any atom is 0.217 e. The average Bonchev–Trinajstić information content (AvgIpc) is 3.18. The third-order valence-corrected chi connectivity index (χ3v) is 5.44. The van der Waals surface area contributed by atoms with Crippen LogP contribution in [0.5, 0.6) is 5.88 Å². The van der Waals surface area contributed by atoms with Gasteiger partial charge in [0.1, 0.15) is 6.10 Å². The van der Waals surface area contributed by atoms with Gasteiger partial charge in [-0.2, -0.15) is 0 Å². The number of carbonyl (C=O) groups excluding carboxylic acids is 1. The van der Waals surface area contributed by atoms with E-state index in [4.69, 9.17) is 15.5 Å². The number of hydrogen-bond acceptors (Lipinski definition) is 4. The van der Waals surface area contributed by atoms with Crippen molar-refractivity contribution in [2.45, 2.75) is 64.5 Å². The van der Waals surface area contributed by atoms with E-state index in [2.05, 4.69) is 22.1 Å². The van der Waals surface area contributed by atoms with Gasteiger partial charge < -0.3 is 20.7 Å². The van der Waals surface area contributed by atoms with Crippen LogP contribution in [0.3, 0.4) is 0 Å². The van der Waals surface area contributed by atoms with Crippen LogP contribution in [-0.2, 0) is 11.3 Å². The number of rotatable bonds is 7. The van der Waals surface area contributed by atoms with E-state index in [9.17, 15) is 4.79 Å². The third kappa shape index (κ3) is 6.11. The van der Waals surface area contributed by atoms with Gasteiger partial charge in [0.25, 0.3) is 0 Å². The van der Waals surface area contributed by atoms with Gasteiger partial charge in [0.2, 0.25) is 11.8 Å². The molecule has 1 aromatic heterocycles. The summed E-state index contributed by atoms with van der Waals surface area (Å²) in [4.78, 5) is 22.7. The number of pyridine rings is 1. The number of nitrogens with two attached hydrogens (primary N) is 1. The fraction of sp³-hybridized carbons (Fsp3) is 0.667. The zero-order valence-electron chi connectivity index (χ0n) is 16.9. The zero-order valence-corrected chi connectivity index (χ0v) is 16.9. The molecule has 7 nitrogen and oxygen atoms in total. The Morgan fingerprint density at radius 3 is 2.93 bits per heavy atom. The topological polar surface area (TPSA) is 92.8 Å². The van der Waals surface area contributed by atoms with E-state index in [0.29, 0.717) is 30.9 Å². The van der Waals surface area contributed by atoms with Crippen LogP contribution in [0.15, 0.2) is 23.3 Å². The lowest BCUT2D eigenvalue weighted by atomic mass is 9.95. The van der Waals surface area contributed by atoms with Crippen molar-refractivity contribution in [3.63, 3.8) is 0 Å². The van der Waals surface area contributed by atoms with Gasteiger partial charge >= 0.3 is 0 Å². The third-order valence-electron chi connectivity index (χ3n) is 5.44. The number of amides is 1. The number of nitrogens with one attached hydrogen (secondary N) is 1. The van der Waals surface area contributed by atoms with Crippen molar-refractivity contribution in [1.29, 1.82) is 0 Å². The maximum atomic E-state index is 11.3. The summed E-state index contributed by atoms with van der Waals surface area (Å²) in [5.41, 5.74) is 6.48. The predicted molar refractivity (Wildman–Crippen MR) is 110 cm³/mol. The highest BCUT2D eigenvalue weighted by Gasteiger charge is 2.23. The summed E-state index contributed by atoms with van der Waals surface area (Å²) in [6.07, 6.45) is 9.38. The second-order valence-corrected chi connectivity index (χ2v) is 7.82. The Labute approximate surface area is 167 Å². The van der Waals surface area contributed by atoms with Crippen molar-refractivity contribution in [2.24, 2.45) is 16.6 Å². The van der Waals surface area contributed by atoms with Gasteiger partial charge in [0.15, 0.2) is 5.96 Å². The fourth-order valence-electron chi connectivity index (χ4n) is 4.09. The first-order valence-corrected chi connectivity index (χ1v) is 10.6. The monoisotopic (exact) mass is 387 g/mol. The molecule has 1 aromatic rings. The molecule has 3 N–H and O–H groups in total. The molecule has 0 radical (unpaired) electrons. The summed E-state index contributed by atoms with van der Waals surface area (Å²) < 4.78 is 6.01. The Kier molecular flexibility index (Phi) is 7.51. The number of aromatic nitrogens is 1. The van der Waals surface area contributed by atoms with Gasteiger partial charge in [-0.1, -0.05) is 0 Å². The molecule has 0 spiro atoms. The first-order valence-electron chi connectivity index (χ1n) is 10.6. The van der Waals surface area contributed by atoms with E-state index in [1.807, 2.05) is 12.1 Å². The molecule has 1 saturated carbocycles. The molecule has 2 aliphatic rings. The van der Waals surface area contributed by atoms with Gasteiger partial charge in [-0.05, 0) is 63.0 Å². The Hall–Kier alpha value is -2.31. The number of guanidine groups is 1. The SMILES string of the molecule is CCNC(=NCc1ccnc(OC2CCCC2)c1)N1CCCC(CC(N)=O)C1. The average molecular weight is 388 g/mol. The van der Waals surface area contributed by atoms with Crippen molar-refractivity contribution in [3.8, 4) is 5.88 Å². The molecular formula is C21H33N5O2. The van der Waals surface area contributed by atoms with E-state index in [1.54, 1.807) is 6.20 Å². The van der Waals surface area contributed by atoms with Crippen LogP contribution < -0.4 is 15.8 Å². The van der Waals surface area contributed by atoms with Crippen LogP contribution in [0.25, 0.3) is 0 Å². The summed E-state index contributed by atoms with van der Waals surface area (Å²) >= 11 is 0. The fourth-order valence-corrected chi connectivity index (χ4v) is 4.09. The first kappa shape index (κ1) is 20.4. The molecule has 7 heteroatoms. The van der Waals surface area contributed by atoms with Crippen molar-refractivity contribution in [3.05, 3.63) is 23.9 Å². The Balaban J connectivity index is 1.62. The summed E-state index contributed by atoms with van der Waals surface area (Å²) in [5, 5.41) is 3.38. The number of piperidine rings is 1. The highest BCUT2D eigenvalue weighted by atomic mass is 16.5. The van der Waals surface area contributed by atoms with E-state index >= 15 is 0 Å². The number of carbonyl (C=O) groups is 1. The molecule has 1 amide bonds. The Bertz CT molecular complexity index is 673. The Morgan fingerprint density at radius 2 is 2.18 bits per heavy atom. The number of hydrogen-bond donors (Lipinski definition) is 2. The minimum atomic E-state index is -0.222.